The molecule has 0 radical (unpaired) electrons. The van der Waals surface area contributed by atoms with E-state index in [2.05, 4.69) is 0 Å². The Kier molecular flexibility index (Phi) is 3.76. The summed E-state index contributed by atoms with van der Waals surface area (Å²) in [5, 5.41) is 8.25. The van der Waals surface area contributed by atoms with Crippen LogP contribution in [0.2, 0.25) is 0 Å². The van der Waals surface area contributed by atoms with E-state index in [1.807, 2.05) is 5.48 Å². The van der Waals surface area contributed by atoms with Crippen molar-refractivity contribution in [3.63, 3.8) is 0 Å². The standard InChI is InChI=1S/C6H6FNO.ClH/c7-5-2-1-3-6(4-5)8-9;/h1-4,8-9H;1H. The molecule has 0 aliphatic heterocycles. The first kappa shape index (κ1) is 9.20. The van der Waals surface area contributed by atoms with Gasteiger partial charge in [0.2, 0.25) is 0 Å². The number of benzene rings is 1. The summed E-state index contributed by atoms with van der Waals surface area (Å²) in [6.45, 7) is 0. The average molecular weight is 164 g/mol. The summed E-state index contributed by atoms with van der Waals surface area (Å²) in [5.41, 5.74) is 2.18. The van der Waals surface area contributed by atoms with Gasteiger partial charge < -0.3 is 0 Å². The molecule has 0 heterocycles. The van der Waals surface area contributed by atoms with Crippen molar-refractivity contribution in [2.75, 3.05) is 5.48 Å². The molecule has 0 aromatic heterocycles. The highest BCUT2D eigenvalue weighted by Gasteiger charge is 1.89. The molecule has 0 spiro atoms. The van der Waals surface area contributed by atoms with Crippen LogP contribution in [0.25, 0.3) is 0 Å². The van der Waals surface area contributed by atoms with Gasteiger partial charge in [0.15, 0.2) is 0 Å². The molecule has 2 nitrogen and oxygen atoms in total. The van der Waals surface area contributed by atoms with Crippen LogP contribution < -0.4 is 5.48 Å². The van der Waals surface area contributed by atoms with Crippen molar-refractivity contribution in [3.8, 4) is 0 Å². The largest absolute Gasteiger partial charge is 0.291 e. The lowest BCUT2D eigenvalue weighted by atomic mass is 10.3. The second kappa shape index (κ2) is 4.09. The molecule has 1 aromatic rings. The fourth-order valence-corrected chi connectivity index (χ4v) is 0.558. The number of hydrogen-bond acceptors (Lipinski definition) is 2. The van der Waals surface area contributed by atoms with E-state index in [9.17, 15) is 4.39 Å². The van der Waals surface area contributed by atoms with Gasteiger partial charge in [-0.2, -0.15) is 0 Å². The molecule has 56 valence electrons. The molecule has 0 unspecified atom stereocenters. The van der Waals surface area contributed by atoms with Crippen LogP contribution in [-0.2, 0) is 0 Å². The molecular formula is C6H7ClFNO. The minimum absolute atomic E-state index is 0. The summed E-state index contributed by atoms with van der Waals surface area (Å²) in [4.78, 5) is 0. The van der Waals surface area contributed by atoms with Gasteiger partial charge in [-0.15, -0.1) is 12.4 Å². The molecule has 4 heteroatoms. The Morgan fingerprint density at radius 1 is 1.40 bits per heavy atom. The van der Waals surface area contributed by atoms with Gasteiger partial charge in [-0.1, -0.05) is 6.07 Å². The average Bonchev–Trinajstić information content (AvgIpc) is 1.88. The van der Waals surface area contributed by atoms with Gasteiger partial charge in [-0.05, 0) is 18.2 Å². The Labute approximate surface area is 64.0 Å². The van der Waals surface area contributed by atoms with Crippen LogP contribution in [0.1, 0.15) is 0 Å². The zero-order valence-electron chi connectivity index (χ0n) is 5.04. The van der Waals surface area contributed by atoms with E-state index >= 15 is 0 Å². The minimum atomic E-state index is -0.367. The van der Waals surface area contributed by atoms with Crippen LogP contribution in [0.15, 0.2) is 24.3 Å². The molecule has 10 heavy (non-hydrogen) atoms. The molecular weight excluding hydrogens is 157 g/mol. The molecule has 0 saturated heterocycles. The maximum absolute atomic E-state index is 12.2. The fraction of sp³-hybridized carbons (Fsp3) is 0. The Bertz CT molecular complexity index is 207. The van der Waals surface area contributed by atoms with Crippen molar-refractivity contribution >= 4 is 18.1 Å². The molecule has 0 amide bonds. The van der Waals surface area contributed by atoms with Gasteiger partial charge in [-0.3, -0.25) is 10.7 Å². The van der Waals surface area contributed by atoms with Crippen molar-refractivity contribution in [3.05, 3.63) is 30.1 Å². The van der Waals surface area contributed by atoms with Crippen LogP contribution in [0, 0.1) is 5.82 Å². The number of anilines is 1. The molecule has 0 fully saturated rings. The van der Waals surface area contributed by atoms with E-state index in [1.54, 1.807) is 6.07 Å². The highest BCUT2D eigenvalue weighted by Crippen LogP contribution is 2.06. The van der Waals surface area contributed by atoms with E-state index in [1.165, 1.54) is 18.2 Å². The van der Waals surface area contributed by atoms with Gasteiger partial charge >= 0.3 is 0 Å². The van der Waals surface area contributed by atoms with Crippen LogP contribution in [0.5, 0.6) is 0 Å². The number of hydrogen-bond donors (Lipinski definition) is 2. The number of halogens is 2. The Morgan fingerprint density at radius 2 is 2.10 bits per heavy atom. The second-order valence-electron chi connectivity index (χ2n) is 1.62. The fourth-order valence-electron chi connectivity index (χ4n) is 0.558. The summed E-state index contributed by atoms with van der Waals surface area (Å²) < 4.78 is 12.2. The van der Waals surface area contributed by atoms with Crippen LogP contribution >= 0.6 is 12.4 Å². The molecule has 1 rings (SSSR count). The van der Waals surface area contributed by atoms with E-state index < -0.39 is 0 Å². The third-order valence-corrected chi connectivity index (χ3v) is 0.954. The predicted molar refractivity (Wildman–Crippen MR) is 39.1 cm³/mol. The molecule has 0 aliphatic rings. The third-order valence-electron chi connectivity index (χ3n) is 0.954. The molecule has 0 atom stereocenters. The molecule has 1 aromatic carbocycles. The molecule has 0 bridgehead atoms. The number of nitrogens with one attached hydrogen (secondary N) is 1. The van der Waals surface area contributed by atoms with Crippen molar-refractivity contribution < 1.29 is 9.60 Å². The first-order chi connectivity index (χ1) is 4.33. The van der Waals surface area contributed by atoms with Gasteiger partial charge in [0.1, 0.15) is 5.82 Å². The van der Waals surface area contributed by atoms with Crippen LogP contribution in [0.3, 0.4) is 0 Å². The Morgan fingerprint density at radius 3 is 2.50 bits per heavy atom. The summed E-state index contributed by atoms with van der Waals surface area (Å²) in [6, 6.07) is 5.57. The lowest BCUT2D eigenvalue weighted by molar-refractivity contribution is 0.388. The molecule has 2 N–H and O–H groups in total. The van der Waals surface area contributed by atoms with Crippen LogP contribution in [0.4, 0.5) is 10.1 Å². The SMILES string of the molecule is Cl.ONc1cccc(F)c1. The normalized spacial score (nSPS) is 8.20. The molecule has 0 aliphatic carbocycles. The zero-order valence-corrected chi connectivity index (χ0v) is 5.86. The highest BCUT2D eigenvalue weighted by molar-refractivity contribution is 5.85. The quantitative estimate of drug-likeness (QED) is 0.621. The number of rotatable bonds is 1. The second-order valence-corrected chi connectivity index (χ2v) is 1.62. The third kappa shape index (κ3) is 2.21. The van der Waals surface area contributed by atoms with Gasteiger partial charge in [-0.25, -0.2) is 4.39 Å². The van der Waals surface area contributed by atoms with Crippen molar-refractivity contribution in [2.45, 2.75) is 0 Å². The first-order valence-corrected chi connectivity index (χ1v) is 2.48. The van der Waals surface area contributed by atoms with E-state index in [-0.39, 0.29) is 18.2 Å². The van der Waals surface area contributed by atoms with Crippen molar-refractivity contribution in [2.24, 2.45) is 0 Å². The lowest BCUT2D eigenvalue weighted by Gasteiger charge is -1.94. The Hall–Kier alpha value is -0.800. The molecule has 0 saturated carbocycles. The van der Waals surface area contributed by atoms with Gasteiger partial charge in [0.05, 0.1) is 5.69 Å². The zero-order chi connectivity index (χ0) is 6.69. The highest BCUT2D eigenvalue weighted by atomic mass is 35.5. The monoisotopic (exact) mass is 163 g/mol. The summed E-state index contributed by atoms with van der Waals surface area (Å²) in [7, 11) is 0. The van der Waals surface area contributed by atoms with E-state index in [0.717, 1.165) is 0 Å². The van der Waals surface area contributed by atoms with E-state index in [4.69, 9.17) is 5.21 Å². The van der Waals surface area contributed by atoms with Gasteiger partial charge in [0, 0.05) is 0 Å². The lowest BCUT2D eigenvalue weighted by Crippen LogP contribution is -1.88. The first-order valence-electron chi connectivity index (χ1n) is 2.48. The summed E-state index contributed by atoms with van der Waals surface area (Å²) in [6.07, 6.45) is 0. The Balaban J connectivity index is 0.000000810. The van der Waals surface area contributed by atoms with Crippen molar-refractivity contribution in [1.29, 1.82) is 0 Å². The topological polar surface area (TPSA) is 32.3 Å². The van der Waals surface area contributed by atoms with Gasteiger partial charge in [0.25, 0.3) is 0 Å². The predicted octanol–water partition coefficient (Wildman–Crippen LogP) is 2.05. The summed E-state index contributed by atoms with van der Waals surface area (Å²) >= 11 is 0. The van der Waals surface area contributed by atoms with Crippen LogP contribution in [-0.4, -0.2) is 5.21 Å². The maximum Gasteiger partial charge on any atom is 0.125 e. The summed E-state index contributed by atoms with van der Waals surface area (Å²) in [5.74, 6) is -0.367. The maximum atomic E-state index is 12.2. The minimum Gasteiger partial charge on any atom is -0.291 e. The van der Waals surface area contributed by atoms with Crippen molar-refractivity contribution in [1.82, 2.24) is 0 Å². The smallest absolute Gasteiger partial charge is 0.125 e. The van der Waals surface area contributed by atoms with E-state index in [0.29, 0.717) is 5.69 Å².